The Hall–Kier alpha value is -4.76. The molecule has 15 heteroatoms. The summed E-state index contributed by atoms with van der Waals surface area (Å²) in [4.78, 5) is 30.5. The van der Waals surface area contributed by atoms with E-state index >= 15 is 0 Å². The first-order valence-electron chi connectivity index (χ1n) is 16.1. The van der Waals surface area contributed by atoms with E-state index < -0.39 is 53.7 Å². The molecule has 50 heavy (non-hydrogen) atoms. The molecule has 0 saturated heterocycles. The third kappa shape index (κ3) is 8.16. The molecule has 0 spiro atoms. The van der Waals surface area contributed by atoms with Crippen LogP contribution in [0, 0.1) is 5.82 Å². The van der Waals surface area contributed by atoms with E-state index in [1.807, 2.05) is 0 Å². The van der Waals surface area contributed by atoms with Gasteiger partial charge in [-0.3, -0.25) is 14.3 Å². The Morgan fingerprint density at radius 1 is 1.06 bits per heavy atom. The number of nitrogens with zero attached hydrogens (tertiary/aromatic N) is 3. The molecular weight excluding hydrogens is 662 g/mol. The van der Waals surface area contributed by atoms with Crippen molar-refractivity contribution in [2.75, 3.05) is 26.8 Å². The second-order valence-corrected chi connectivity index (χ2v) is 12.9. The van der Waals surface area contributed by atoms with E-state index in [1.165, 1.54) is 31.4 Å². The second kappa shape index (κ2) is 14.2. The van der Waals surface area contributed by atoms with Crippen LogP contribution >= 0.6 is 0 Å². The number of methoxy groups -OCH3 is 1. The highest BCUT2D eigenvalue weighted by molar-refractivity contribution is 6.00. The van der Waals surface area contributed by atoms with Crippen molar-refractivity contribution in [3.05, 3.63) is 71.3 Å². The molecule has 1 aliphatic carbocycles. The van der Waals surface area contributed by atoms with Crippen molar-refractivity contribution >= 4 is 22.7 Å². The van der Waals surface area contributed by atoms with E-state index in [1.54, 1.807) is 31.6 Å². The molecule has 1 saturated carbocycles. The second-order valence-electron chi connectivity index (χ2n) is 12.9. The van der Waals surface area contributed by atoms with Crippen LogP contribution in [0.25, 0.3) is 22.2 Å². The van der Waals surface area contributed by atoms with Crippen LogP contribution in [0.3, 0.4) is 0 Å². The summed E-state index contributed by atoms with van der Waals surface area (Å²) in [7, 11) is 1.39. The molecule has 2 aromatic heterocycles. The number of halogens is 4. The van der Waals surface area contributed by atoms with Crippen molar-refractivity contribution in [1.29, 1.82) is 0 Å². The number of pyridine rings is 1. The van der Waals surface area contributed by atoms with Crippen LogP contribution in [0.1, 0.15) is 67.7 Å². The highest BCUT2D eigenvalue weighted by Gasteiger charge is 2.57. The van der Waals surface area contributed by atoms with Crippen molar-refractivity contribution in [3.8, 4) is 22.8 Å². The molecule has 0 unspecified atom stereocenters. The molecule has 0 bridgehead atoms. The van der Waals surface area contributed by atoms with Crippen molar-refractivity contribution in [3.63, 3.8) is 0 Å². The van der Waals surface area contributed by atoms with Gasteiger partial charge in [0.05, 0.1) is 44.0 Å². The summed E-state index contributed by atoms with van der Waals surface area (Å²) in [5.41, 5.74) is -5.36. The van der Waals surface area contributed by atoms with Gasteiger partial charge in [-0.25, -0.2) is 9.37 Å². The minimum Gasteiger partial charge on any atom is -0.494 e. The first kappa shape index (κ1) is 36.5. The molecule has 1 fully saturated rings. The molecule has 2 aromatic carbocycles. The molecule has 4 N–H and O–H groups in total. The number of aliphatic hydroxyl groups is 2. The fraction of sp³-hybridized carbons (Fsp3) is 0.429. The summed E-state index contributed by atoms with van der Waals surface area (Å²) in [6.45, 7) is 3.51. The lowest BCUT2D eigenvalue weighted by molar-refractivity contribution is -0.265. The zero-order chi connectivity index (χ0) is 36.4. The Morgan fingerprint density at radius 2 is 1.76 bits per heavy atom. The maximum absolute atomic E-state index is 14.9. The van der Waals surface area contributed by atoms with Gasteiger partial charge in [0.1, 0.15) is 28.5 Å². The van der Waals surface area contributed by atoms with Crippen molar-refractivity contribution < 1.29 is 46.8 Å². The van der Waals surface area contributed by atoms with Crippen LogP contribution < -0.4 is 20.1 Å². The smallest absolute Gasteiger partial charge is 0.424 e. The lowest BCUT2D eigenvalue weighted by atomic mass is 9.93. The van der Waals surface area contributed by atoms with E-state index in [4.69, 9.17) is 9.47 Å². The number of carbonyl (C=O) groups is 2. The Morgan fingerprint density at radius 3 is 2.36 bits per heavy atom. The lowest BCUT2D eigenvalue weighted by Crippen LogP contribution is -2.51. The van der Waals surface area contributed by atoms with Crippen LogP contribution in [-0.4, -0.2) is 75.4 Å². The molecular formula is C35H39F4N5O6. The van der Waals surface area contributed by atoms with E-state index in [0.717, 1.165) is 31.0 Å². The fourth-order valence-electron chi connectivity index (χ4n) is 5.36. The third-order valence-corrected chi connectivity index (χ3v) is 8.26. The molecule has 2 amide bonds. The number of rotatable bonds is 14. The zero-order valence-corrected chi connectivity index (χ0v) is 28.0. The Balaban J connectivity index is 1.52. The predicted molar refractivity (Wildman–Crippen MR) is 175 cm³/mol. The topological polar surface area (TPSA) is 148 Å². The van der Waals surface area contributed by atoms with Gasteiger partial charge in [-0.1, -0.05) is 0 Å². The molecule has 1 aliphatic rings. The number of fused-ring (bicyclic) bond motifs is 1. The normalized spacial score (nSPS) is 14.7. The average Bonchev–Trinajstić information content (AvgIpc) is 3.81. The van der Waals surface area contributed by atoms with Crippen molar-refractivity contribution in [2.24, 2.45) is 0 Å². The van der Waals surface area contributed by atoms with E-state index in [0.29, 0.717) is 10.9 Å². The predicted octanol–water partition coefficient (Wildman–Crippen LogP) is 4.98. The van der Waals surface area contributed by atoms with Gasteiger partial charge in [-0.05, 0) is 82.5 Å². The van der Waals surface area contributed by atoms with Crippen LogP contribution in [-0.2, 0) is 16.8 Å². The van der Waals surface area contributed by atoms with Crippen LogP contribution in [0.15, 0.2) is 48.7 Å². The van der Waals surface area contributed by atoms with Crippen molar-refractivity contribution in [2.45, 2.75) is 69.9 Å². The van der Waals surface area contributed by atoms with E-state index in [9.17, 15) is 37.4 Å². The van der Waals surface area contributed by atoms with Gasteiger partial charge in [-0.2, -0.15) is 18.3 Å². The van der Waals surface area contributed by atoms with Crippen LogP contribution in [0.4, 0.5) is 17.6 Å². The number of hydrogen-bond donors (Lipinski definition) is 4. The average molecular weight is 702 g/mol. The van der Waals surface area contributed by atoms with Crippen LogP contribution in [0.5, 0.6) is 11.5 Å². The first-order valence-corrected chi connectivity index (χ1v) is 16.1. The molecule has 268 valence electrons. The Labute approximate surface area is 285 Å². The van der Waals surface area contributed by atoms with Gasteiger partial charge in [0, 0.05) is 34.8 Å². The molecule has 0 aliphatic heterocycles. The van der Waals surface area contributed by atoms with Crippen molar-refractivity contribution in [1.82, 2.24) is 25.4 Å². The lowest BCUT2D eigenvalue weighted by Gasteiger charge is -2.31. The first-order chi connectivity index (χ1) is 23.5. The summed E-state index contributed by atoms with van der Waals surface area (Å²) >= 11 is 0. The van der Waals surface area contributed by atoms with Gasteiger partial charge in [-0.15, -0.1) is 0 Å². The highest BCUT2D eigenvalue weighted by atomic mass is 19.4. The van der Waals surface area contributed by atoms with E-state index in [-0.39, 0.29) is 59.5 Å². The maximum Gasteiger partial charge on any atom is 0.424 e. The third-order valence-electron chi connectivity index (χ3n) is 8.26. The summed E-state index contributed by atoms with van der Waals surface area (Å²) in [6, 6.07) is 8.69. The molecule has 1 atom stereocenters. The molecule has 5 rings (SSSR count). The molecule has 0 radical (unpaired) electrons. The SMILES string of the molecule is CCOc1c(CC(=O)NCCC(C)(C)O)cc([C@@](O)(CNC(=O)c2cc(OC)c3nn(C4CC4)cc3c2)C(F)(F)F)nc1-c1ccc(F)cc1. The zero-order valence-electron chi connectivity index (χ0n) is 28.0. The molecule has 2 heterocycles. The Kier molecular flexibility index (Phi) is 10.4. The monoisotopic (exact) mass is 701 g/mol. The number of ether oxygens (including phenoxy) is 2. The molecule has 4 aromatic rings. The number of nitrogens with one attached hydrogen (secondary N) is 2. The minimum absolute atomic E-state index is 0.0238. The number of aromatic nitrogens is 3. The number of hydrogen-bond acceptors (Lipinski definition) is 8. The standard InChI is InChI=1S/C35H39F4N5O6/c1-5-50-31-21(17-28(45)40-13-12-33(2,3)47)16-27(42-30(31)20-6-8-24(36)9-7-20)34(48,35(37,38)39)19-41-32(46)22-14-23-18-44(25-10-11-25)43-29(23)26(15-22)49-4/h6-9,14-16,18,25,47-48H,5,10-13,17,19H2,1-4H3,(H,40,45)(H,41,46)/t34-/m0/s1. The maximum atomic E-state index is 14.9. The number of carbonyl (C=O) groups excluding carboxylic acids is 2. The molecule has 11 nitrogen and oxygen atoms in total. The quantitative estimate of drug-likeness (QED) is 0.135. The largest absolute Gasteiger partial charge is 0.494 e. The highest BCUT2D eigenvalue weighted by Crippen LogP contribution is 2.42. The van der Waals surface area contributed by atoms with Gasteiger partial charge >= 0.3 is 6.18 Å². The fourth-order valence-corrected chi connectivity index (χ4v) is 5.36. The number of amides is 2. The summed E-state index contributed by atoms with van der Waals surface area (Å²) < 4.78 is 71.5. The van der Waals surface area contributed by atoms with Gasteiger partial charge < -0.3 is 30.3 Å². The van der Waals surface area contributed by atoms with Crippen LogP contribution in [0.2, 0.25) is 0 Å². The number of benzene rings is 2. The van der Waals surface area contributed by atoms with E-state index in [2.05, 4.69) is 20.7 Å². The minimum atomic E-state index is -5.38. The van der Waals surface area contributed by atoms with Gasteiger partial charge in [0.25, 0.3) is 5.91 Å². The summed E-state index contributed by atoms with van der Waals surface area (Å²) in [5, 5.41) is 31.3. The summed E-state index contributed by atoms with van der Waals surface area (Å²) in [5.74, 6) is -1.93. The Bertz CT molecular complexity index is 1870. The van der Waals surface area contributed by atoms with Gasteiger partial charge in [0.2, 0.25) is 11.5 Å². The number of alkyl halides is 3. The van der Waals surface area contributed by atoms with Gasteiger partial charge in [0.15, 0.2) is 0 Å². The summed E-state index contributed by atoms with van der Waals surface area (Å²) in [6.07, 6.45) is -2.01.